The number of benzene rings is 2. The fourth-order valence-corrected chi connectivity index (χ4v) is 4.08. The van der Waals surface area contributed by atoms with Crippen molar-refractivity contribution in [3.8, 4) is 5.75 Å². The number of hydrogen-bond acceptors (Lipinski definition) is 7. The predicted octanol–water partition coefficient (Wildman–Crippen LogP) is 5.85. The van der Waals surface area contributed by atoms with E-state index in [1.54, 1.807) is 37.4 Å². The molecule has 1 saturated heterocycles. The Bertz CT molecular complexity index is 1280. The van der Waals surface area contributed by atoms with Gasteiger partial charge in [-0.3, -0.25) is 4.79 Å². The highest BCUT2D eigenvalue weighted by molar-refractivity contribution is 6.33. The van der Waals surface area contributed by atoms with Gasteiger partial charge in [0.2, 0.25) is 11.9 Å². The van der Waals surface area contributed by atoms with Gasteiger partial charge >= 0.3 is 6.03 Å². The number of aromatic nitrogens is 2. The summed E-state index contributed by atoms with van der Waals surface area (Å²) in [5.41, 5.74) is 2.46. The summed E-state index contributed by atoms with van der Waals surface area (Å²) in [6, 6.07) is 12.4. The van der Waals surface area contributed by atoms with Crippen LogP contribution < -0.4 is 26.0 Å². The molecule has 2 aromatic carbocycles. The van der Waals surface area contributed by atoms with Crippen molar-refractivity contribution in [3.05, 3.63) is 53.7 Å². The molecule has 4 N–H and O–H groups in total. The number of carbonyl (C=O) groups is 2. The quantitative estimate of drug-likeness (QED) is 0.306. The topological polar surface area (TPSA) is 121 Å². The van der Waals surface area contributed by atoms with Gasteiger partial charge in [-0.15, -0.1) is 0 Å². The van der Waals surface area contributed by atoms with Gasteiger partial charge in [0.25, 0.3) is 0 Å². The molecular formula is C26H30ClN7O3. The molecule has 3 amide bonds. The molecule has 0 aliphatic carbocycles. The van der Waals surface area contributed by atoms with E-state index in [0.717, 1.165) is 25.9 Å². The summed E-state index contributed by atoms with van der Waals surface area (Å²) in [5.74, 6) is 1.60. The summed E-state index contributed by atoms with van der Waals surface area (Å²) in [4.78, 5) is 34.8. The van der Waals surface area contributed by atoms with Crippen molar-refractivity contribution in [2.75, 3.05) is 41.5 Å². The van der Waals surface area contributed by atoms with Crippen LogP contribution in [0.3, 0.4) is 0 Å². The lowest BCUT2D eigenvalue weighted by Crippen LogP contribution is -2.40. The van der Waals surface area contributed by atoms with E-state index in [1.165, 1.54) is 13.1 Å². The molecule has 0 spiro atoms. The van der Waals surface area contributed by atoms with Crippen LogP contribution in [0.25, 0.3) is 0 Å². The SMILES string of the molecule is COc1cc(NC(=O)N2CCC(C)CC2)ccc1Nc1ncc(Cl)c(Nc2ccccc2NC(C)=O)n1. The Morgan fingerprint density at radius 2 is 1.76 bits per heavy atom. The molecule has 0 atom stereocenters. The minimum Gasteiger partial charge on any atom is -0.494 e. The molecule has 11 heteroatoms. The van der Waals surface area contributed by atoms with E-state index in [2.05, 4.69) is 38.2 Å². The third-order valence-electron chi connectivity index (χ3n) is 6.01. The Hall–Kier alpha value is -4.05. The maximum absolute atomic E-state index is 12.6. The van der Waals surface area contributed by atoms with Gasteiger partial charge in [-0.25, -0.2) is 9.78 Å². The first-order valence-electron chi connectivity index (χ1n) is 12.0. The summed E-state index contributed by atoms with van der Waals surface area (Å²) in [6.45, 7) is 5.15. The van der Waals surface area contributed by atoms with E-state index >= 15 is 0 Å². The van der Waals surface area contributed by atoms with Crippen molar-refractivity contribution in [2.24, 2.45) is 5.92 Å². The first kappa shape index (κ1) is 26.0. The van der Waals surface area contributed by atoms with E-state index in [4.69, 9.17) is 16.3 Å². The molecule has 3 aromatic rings. The zero-order valence-electron chi connectivity index (χ0n) is 21.0. The first-order valence-corrected chi connectivity index (χ1v) is 12.4. The predicted molar refractivity (Wildman–Crippen MR) is 146 cm³/mol. The lowest BCUT2D eigenvalue weighted by Gasteiger charge is -2.30. The number of methoxy groups -OCH3 is 1. The number of carbonyl (C=O) groups excluding carboxylic acids is 2. The fourth-order valence-electron chi connectivity index (χ4n) is 3.94. The third kappa shape index (κ3) is 6.79. The second-order valence-corrected chi connectivity index (χ2v) is 9.29. The van der Waals surface area contributed by atoms with Gasteiger partial charge < -0.3 is 30.9 Å². The summed E-state index contributed by atoms with van der Waals surface area (Å²) < 4.78 is 5.54. The molecule has 0 bridgehead atoms. The fraction of sp³-hybridized carbons (Fsp3) is 0.308. The van der Waals surface area contributed by atoms with Gasteiger partial charge in [0.15, 0.2) is 5.82 Å². The molecule has 0 radical (unpaired) electrons. The van der Waals surface area contributed by atoms with Gasteiger partial charge in [0.05, 0.1) is 30.4 Å². The Morgan fingerprint density at radius 1 is 1.03 bits per heavy atom. The van der Waals surface area contributed by atoms with Crippen molar-refractivity contribution in [3.63, 3.8) is 0 Å². The number of amides is 3. The molecule has 2 heterocycles. The highest BCUT2D eigenvalue weighted by atomic mass is 35.5. The van der Waals surface area contributed by atoms with E-state index in [9.17, 15) is 9.59 Å². The maximum Gasteiger partial charge on any atom is 0.321 e. The number of likely N-dealkylation sites (tertiary alicyclic amines) is 1. The van der Waals surface area contributed by atoms with Gasteiger partial charge in [-0.05, 0) is 43.0 Å². The number of ether oxygens (including phenoxy) is 1. The van der Waals surface area contributed by atoms with Gasteiger partial charge in [-0.1, -0.05) is 30.7 Å². The summed E-state index contributed by atoms with van der Waals surface area (Å²) in [5, 5.41) is 12.3. The molecule has 4 rings (SSSR count). The van der Waals surface area contributed by atoms with E-state index < -0.39 is 0 Å². The van der Waals surface area contributed by atoms with Crippen LogP contribution in [-0.2, 0) is 4.79 Å². The van der Waals surface area contributed by atoms with E-state index in [-0.39, 0.29) is 17.9 Å². The number of nitrogens with zero attached hydrogens (tertiary/aromatic N) is 3. The summed E-state index contributed by atoms with van der Waals surface area (Å²) in [7, 11) is 1.55. The van der Waals surface area contributed by atoms with Crippen LogP contribution in [0.5, 0.6) is 5.75 Å². The highest BCUT2D eigenvalue weighted by Crippen LogP contribution is 2.32. The number of urea groups is 1. The normalized spacial score (nSPS) is 13.6. The Morgan fingerprint density at radius 3 is 2.46 bits per heavy atom. The van der Waals surface area contributed by atoms with Crippen LogP contribution in [0, 0.1) is 5.92 Å². The maximum atomic E-state index is 12.6. The molecule has 0 unspecified atom stereocenters. The highest BCUT2D eigenvalue weighted by Gasteiger charge is 2.20. The number of para-hydroxylation sites is 2. The number of rotatable bonds is 7. The van der Waals surface area contributed by atoms with Crippen LogP contribution in [0.1, 0.15) is 26.7 Å². The van der Waals surface area contributed by atoms with Crippen molar-refractivity contribution >= 4 is 58.1 Å². The Balaban J connectivity index is 1.48. The number of hydrogen-bond donors (Lipinski definition) is 4. The average molecular weight is 524 g/mol. The zero-order chi connectivity index (χ0) is 26.4. The van der Waals surface area contributed by atoms with Crippen LogP contribution >= 0.6 is 11.6 Å². The molecule has 194 valence electrons. The smallest absolute Gasteiger partial charge is 0.321 e. The zero-order valence-corrected chi connectivity index (χ0v) is 21.7. The monoisotopic (exact) mass is 523 g/mol. The Kier molecular flexibility index (Phi) is 8.29. The lowest BCUT2D eigenvalue weighted by atomic mass is 10.00. The van der Waals surface area contributed by atoms with E-state index in [1.807, 2.05) is 17.0 Å². The Labute approximate surface area is 220 Å². The van der Waals surface area contributed by atoms with Crippen molar-refractivity contribution in [2.45, 2.75) is 26.7 Å². The number of anilines is 6. The second-order valence-electron chi connectivity index (χ2n) is 8.88. The van der Waals surface area contributed by atoms with Gasteiger partial charge in [0.1, 0.15) is 10.8 Å². The largest absolute Gasteiger partial charge is 0.494 e. The molecule has 37 heavy (non-hydrogen) atoms. The second kappa shape index (κ2) is 11.8. The minimum absolute atomic E-state index is 0.119. The van der Waals surface area contributed by atoms with Crippen LogP contribution in [-0.4, -0.2) is 47.0 Å². The van der Waals surface area contributed by atoms with Gasteiger partial charge in [0, 0.05) is 31.8 Å². The van der Waals surface area contributed by atoms with Crippen molar-refractivity contribution < 1.29 is 14.3 Å². The molecule has 1 fully saturated rings. The third-order valence-corrected chi connectivity index (χ3v) is 6.28. The summed E-state index contributed by atoms with van der Waals surface area (Å²) in [6.07, 6.45) is 3.49. The molecule has 1 aliphatic rings. The van der Waals surface area contributed by atoms with E-state index in [0.29, 0.717) is 45.3 Å². The number of halogens is 1. The standard InChI is InChI=1S/C26H30ClN7O3/c1-16-10-12-34(13-11-16)26(36)30-18-8-9-22(23(14-18)37-3)32-25-28-15-19(27)24(33-25)31-21-7-5-4-6-20(21)29-17(2)35/h4-9,14-16H,10-13H2,1-3H3,(H,29,35)(H,30,36)(H2,28,31,32,33). The molecule has 10 nitrogen and oxygen atoms in total. The lowest BCUT2D eigenvalue weighted by molar-refractivity contribution is -0.114. The van der Waals surface area contributed by atoms with Crippen LogP contribution in [0.2, 0.25) is 5.02 Å². The molecule has 0 saturated carbocycles. The molecular weight excluding hydrogens is 494 g/mol. The number of nitrogens with one attached hydrogen (secondary N) is 4. The van der Waals surface area contributed by atoms with Crippen LogP contribution in [0.4, 0.5) is 39.3 Å². The number of piperidine rings is 1. The first-order chi connectivity index (χ1) is 17.8. The van der Waals surface area contributed by atoms with Crippen molar-refractivity contribution in [1.29, 1.82) is 0 Å². The minimum atomic E-state index is -0.192. The van der Waals surface area contributed by atoms with Gasteiger partial charge in [-0.2, -0.15) is 4.98 Å². The molecule has 1 aliphatic heterocycles. The molecule has 1 aromatic heterocycles. The summed E-state index contributed by atoms with van der Waals surface area (Å²) >= 11 is 6.34. The van der Waals surface area contributed by atoms with Crippen LogP contribution in [0.15, 0.2) is 48.7 Å². The average Bonchev–Trinajstić information content (AvgIpc) is 2.88. The van der Waals surface area contributed by atoms with Crippen molar-refractivity contribution in [1.82, 2.24) is 14.9 Å².